The first-order valence-corrected chi connectivity index (χ1v) is 5.65. The van der Waals surface area contributed by atoms with Crippen LogP contribution in [0, 0.1) is 6.92 Å². The van der Waals surface area contributed by atoms with E-state index in [0.29, 0.717) is 12.7 Å². The second-order valence-electron chi connectivity index (χ2n) is 4.32. The molecule has 0 fully saturated rings. The van der Waals surface area contributed by atoms with E-state index < -0.39 is 0 Å². The summed E-state index contributed by atoms with van der Waals surface area (Å²) in [4.78, 5) is 10.7. The zero-order chi connectivity index (χ0) is 13.1. The van der Waals surface area contributed by atoms with E-state index in [0.717, 1.165) is 16.7 Å². The molecule has 0 radical (unpaired) electrons. The average Bonchev–Trinajstić information content (AvgIpc) is 2.36. The lowest BCUT2D eigenvalue weighted by molar-refractivity contribution is 0.112. The van der Waals surface area contributed by atoms with Crippen LogP contribution in [0.2, 0.25) is 0 Å². The summed E-state index contributed by atoms with van der Waals surface area (Å²) in [6.07, 6.45) is 1.14. The first-order valence-electron chi connectivity index (χ1n) is 5.65. The highest BCUT2D eigenvalue weighted by Gasteiger charge is 2.06. The minimum atomic E-state index is -0.0257. The molecule has 2 aromatic rings. The van der Waals surface area contributed by atoms with Crippen molar-refractivity contribution in [1.29, 1.82) is 0 Å². The number of aromatic hydroxyl groups is 2. The van der Waals surface area contributed by atoms with E-state index in [2.05, 4.69) is 0 Å². The molecule has 3 nitrogen and oxygen atoms in total. The fraction of sp³-hybridized carbons (Fsp3) is 0.133. The van der Waals surface area contributed by atoms with E-state index in [1.165, 1.54) is 6.07 Å². The highest BCUT2D eigenvalue weighted by atomic mass is 16.3. The second-order valence-corrected chi connectivity index (χ2v) is 4.32. The van der Waals surface area contributed by atoms with Gasteiger partial charge in [-0.1, -0.05) is 23.8 Å². The van der Waals surface area contributed by atoms with Crippen molar-refractivity contribution in [2.24, 2.45) is 0 Å². The van der Waals surface area contributed by atoms with Gasteiger partial charge in [0.2, 0.25) is 0 Å². The second kappa shape index (κ2) is 4.92. The van der Waals surface area contributed by atoms with Gasteiger partial charge in [0.25, 0.3) is 0 Å². The van der Waals surface area contributed by atoms with E-state index in [9.17, 15) is 15.0 Å². The molecule has 0 aliphatic rings. The molecule has 0 heterocycles. The Morgan fingerprint density at radius 2 is 1.78 bits per heavy atom. The summed E-state index contributed by atoms with van der Waals surface area (Å²) in [6.45, 7) is 1.95. The quantitative estimate of drug-likeness (QED) is 0.814. The summed E-state index contributed by atoms with van der Waals surface area (Å²) in [6, 6.07) is 10.3. The van der Waals surface area contributed by atoms with Gasteiger partial charge in [-0.25, -0.2) is 0 Å². The Balaban J connectivity index is 2.34. The predicted octanol–water partition coefficient (Wildman–Crippen LogP) is 2.81. The van der Waals surface area contributed by atoms with Gasteiger partial charge >= 0.3 is 0 Å². The minimum Gasteiger partial charge on any atom is -0.508 e. The standard InChI is InChI=1S/C15H14O3/c1-10-2-4-14(17)12(6-10)7-11-3-5-15(18)13(8-11)9-16/h2-6,8-9,17-18H,7H2,1H3. The molecule has 2 rings (SSSR count). The van der Waals surface area contributed by atoms with Crippen molar-refractivity contribution in [1.82, 2.24) is 0 Å². The molecule has 0 aliphatic carbocycles. The number of phenolic OH excluding ortho intramolecular Hbond substituents is 2. The number of aldehydes is 1. The first kappa shape index (κ1) is 12.2. The number of carbonyl (C=O) groups excluding carboxylic acids is 1. The Labute approximate surface area is 105 Å². The smallest absolute Gasteiger partial charge is 0.153 e. The molecular formula is C15H14O3. The van der Waals surface area contributed by atoms with E-state index in [1.54, 1.807) is 18.2 Å². The lowest BCUT2D eigenvalue weighted by Gasteiger charge is -2.07. The van der Waals surface area contributed by atoms with E-state index in [-0.39, 0.29) is 17.1 Å². The van der Waals surface area contributed by atoms with Crippen molar-refractivity contribution in [3.63, 3.8) is 0 Å². The Hall–Kier alpha value is -2.29. The van der Waals surface area contributed by atoms with Gasteiger partial charge in [0.05, 0.1) is 5.56 Å². The minimum absolute atomic E-state index is 0.0257. The summed E-state index contributed by atoms with van der Waals surface area (Å²) in [5.74, 6) is 0.212. The number of rotatable bonds is 3. The van der Waals surface area contributed by atoms with Crippen LogP contribution in [0.25, 0.3) is 0 Å². The van der Waals surface area contributed by atoms with Crippen molar-refractivity contribution in [3.8, 4) is 11.5 Å². The number of carbonyl (C=O) groups is 1. The molecule has 0 saturated carbocycles. The predicted molar refractivity (Wildman–Crippen MR) is 69.1 cm³/mol. The number of hydrogen-bond acceptors (Lipinski definition) is 3. The van der Waals surface area contributed by atoms with Crippen molar-refractivity contribution in [2.75, 3.05) is 0 Å². The van der Waals surface area contributed by atoms with E-state index >= 15 is 0 Å². The molecule has 2 N–H and O–H groups in total. The highest BCUT2D eigenvalue weighted by molar-refractivity contribution is 5.79. The molecule has 0 aromatic heterocycles. The maximum atomic E-state index is 10.7. The summed E-state index contributed by atoms with van der Waals surface area (Å²) >= 11 is 0. The topological polar surface area (TPSA) is 57.5 Å². The van der Waals surface area contributed by atoms with Gasteiger partial charge in [0, 0.05) is 6.42 Å². The van der Waals surface area contributed by atoms with Crippen LogP contribution >= 0.6 is 0 Å². The van der Waals surface area contributed by atoms with Gasteiger partial charge in [0.1, 0.15) is 11.5 Å². The molecule has 18 heavy (non-hydrogen) atoms. The van der Waals surface area contributed by atoms with Crippen molar-refractivity contribution >= 4 is 6.29 Å². The van der Waals surface area contributed by atoms with E-state index in [4.69, 9.17) is 0 Å². The maximum Gasteiger partial charge on any atom is 0.153 e. The van der Waals surface area contributed by atoms with Crippen molar-refractivity contribution < 1.29 is 15.0 Å². The van der Waals surface area contributed by atoms with Crippen LogP contribution in [0.15, 0.2) is 36.4 Å². The molecule has 0 unspecified atom stereocenters. The number of phenols is 2. The zero-order valence-corrected chi connectivity index (χ0v) is 10.1. The third-order valence-electron chi connectivity index (χ3n) is 2.85. The lowest BCUT2D eigenvalue weighted by atomic mass is 10.0. The van der Waals surface area contributed by atoms with Crippen molar-refractivity contribution in [3.05, 3.63) is 58.7 Å². The van der Waals surface area contributed by atoms with Gasteiger partial charge in [-0.3, -0.25) is 4.79 Å². The number of benzene rings is 2. The van der Waals surface area contributed by atoms with Gasteiger partial charge in [-0.15, -0.1) is 0 Å². The lowest BCUT2D eigenvalue weighted by Crippen LogP contribution is -1.92. The Bertz CT molecular complexity index is 588. The zero-order valence-electron chi connectivity index (χ0n) is 10.1. The highest BCUT2D eigenvalue weighted by Crippen LogP contribution is 2.24. The Morgan fingerprint density at radius 1 is 1.06 bits per heavy atom. The normalized spacial score (nSPS) is 10.3. The Kier molecular flexibility index (Phi) is 3.33. The summed E-state index contributed by atoms with van der Waals surface area (Å²) in [5.41, 5.74) is 3.00. The molecule has 2 aromatic carbocycles. The SMILES string of the molecule is Cc1ccc(O)c(Cc2ccc(O)c(C=O)c2)c1. The summed E-state index contributed by atoms with van der Waals surface area (Å²) < 4.78 is 0. The molecule has 0 spiro atoms. The summed E-state index contributed by atoms with van der Waals surface area (Å²) in [5, 5.41) is 19.2. The monoisotopic (exact) mass is 242 g/mol. The van der Waals surface area contributed by atoms with Crippen LogP contribution < -0.4 is 0 Å². The molecule has 0 saturated heterocycles. The molecule has 0 amide bonds. The van der Waals surface area contributed by atoms with Gasteiger partial charge in [-0.05, 0) is 36.2 Å². The van der Waals surface area contributed by atoms with Gasteiger partial charge < -0.3 is 10.2 Å². The maximum absolute atomic E-state index is 10.7. The van der Waals surface area contributed by atoms with Gasteiger partial charge in [-0.2, -0.15) is 0 Å². The van der Waals surface area contributed by atoms with Crippen LogP contribution in [0.5, 0.6) is 11.5 Å². The fourth-order valence-corrected chi connectivity index (χ4v) is 1.88. The average molecular weight is 242 g/mol. The van der Waals surface area contributed by atoms with Crippen LogP contribution in [0.1, 0.15) is 27.0 Å². The summed E-state index contributed by atoms with van der Waals surface area (Å²) in [7, 11) is 0. The third kappa shape index (κ3) is 2.51. The van der Waals surface area contributed by atoms with Gasteiger partial charge in [0.15, 0.2) is 6.29 Å². The fourth-order valence-electron chi connectivity index (χ4n) is 1.88. The largest absolute Gasteiger partial charge is 0.508 e. The van der Waals surface area contributed by atoms with Crippen LogP contribution in [0.4, 0.5) is 0 Å². The van der Waals surface area contributed by atoms with Crippen molar-refractivity contribution in [2.45, 2.75) is 13.3 Å². The van der Waals surface area contributed by atoms with Crippen LogP contribution in [-0.4, -0.2) is 16.5 Å². The Morgan fingerprint density at radius 3 is 2.50 bits per heavy atom. The molecule has 0 aliphatic heterocycles. The number of hydrogen-bond donors (Lipinski definition) is 2. The van der Waals surface area contributed by atoms with E-state index in [1.807, 2.05) is 19.1 Å². The number of aryl methyl sites for hydroxylation is 1. The first-order chi connectivity index (χ1) is 8.60. The van der Waals surface area contributed by atoms with Crippen LogP contribution in [-0.2, 0) is 6.42 Å². The molecule has 3 heteroatoms. The van der Waals surface area contributed by atoms with Crippen LogP contribution in [0.3, 0.4) is 0 Å². The molecular weight excluding hydrogens is 228 g/mol. The molecule has 92 valence electrons. The molecule has 0 bridgehead atoms. The molecule has 0 atom stereocenters. The third-order valence-corrected chi connectivity index (χ3v) is 2.85.